The Morgan fingerprint density at radius 3 is 2.65 bits per heavy atom. The largest absolute Gasteiger partial charge is 0.492 e. The Morgan fingerprint density at radius 2 is 1.83 bits per heavy atom. The lowest BCUT2D eigenvalue weighted by Gasteiger charge is -2.09. The van der Waals surface area contributed by atoms with Crippen molar-refractivity contribution < 1.29 is 9.53 Å². The summed E-state index contributed by atoms with van der Waals surface area (Å²) >= 11 is 1.59. The summed E-state index contributed by atoms with van der Waals surface area (Å²) in [6, 6.07) is 15.1. The fourth-order valence-electron chi connectivity index (χ4n) is 2.19. The maximum Gasteiger partial charge on any atom is 0.163 e. The second-order valence-corrected chi connectivity index (χ2v) is 6.06. The highest BCUT2D eigenvalue weighted by Crippen LogP contribution is 2.20. The molecule has 3 rings (SSSR count). The van der Waals surface area contributed by atoms with Crippen molar-refractivity contribution in [2.24, 2.45) is 0 Å². The molecule has 5 heteroatoms. The highest BCUT2D eigenvalue weighted by atomic mass is 32.2. The van der Waals surface area contributed by atoms with E-state index in [2.05, 4.69) is 9.97 Å². The first-order chi connectivity index (χ1) is 11.2. The van der Waals surface area contributed by atoms with E-state index >= 15 is 0 Å². The van der Waals surface area contributed by atoms with Crippen molar-refractivity contribution in [2.75, 3.05) is 12.4 Å². The van der Waals surface area contributed by atoms with Gasteiger partial charge in [-0.05, 0) is 31.2 Å². The van der Waals surface area contributed by atoms with Crippen molar-refractivity contribution in [1.29, 1.82) is 0 Å². The van der Waals surface area contributed by atoms with Crippen LogP contribution in [0.2, 0.25) is 0 Å². The molecule has 0 aliphatic heterocycles. The summed E-state index contributed by atoms with van der Waals surface area (Å²) < 4.78 is 5.72. The van der Waals surface area contributed by atoms with Crippen molar-refractivity contribution in [2.45, 2.75) is 11.9 Å². The van der Waals surface area contributed by atoms with Crippen LogP contribution in [0.5, 0.6) is 5.75 Å². The summed E-state index contributed by atoms with van der Waals surface area (Å²) in [6.45, 7) is 2.05. The molecule has 3 aromatic rings. The molecule has 0 aliphatic rings. The molecule has 116 valence electrons. The Kier molecular flexibility index (Phi) is 4.88. The lowest BCUT2D eigenvalue weighted by Crippen LogP contribution is -2.04. The third-order valence-electron chi connectivity index (χ3n) is 3.28. The lowest BCUT2D eigenvalue weighted by atomic mass is 10.1. The molecule has 0 fully saturated rings. The fourth-order valence-corrected chi connectivity index (χ4v) is 2.86. The van der Waals surface area contributed by atoms with E-state index in [9.17, 15) is 4.79 Å². The lowest BCUT2D eigenvalue weighted by molar-refractivity contribution is 0.101. The number of ketones is 1. The molecule has 0 radical (unpaired) electrons. The van der Waals surface area contributed by atoms with Crippen molar-refractivity contribution in [3.8, 4) is 5.75 Å². The van der Waals surface area contributed by atoms with E-state index in [4.69, 9.17) is 4.74 Å². The number of ether oxygens (including phenoxy) is 1. The number of Topliss-reactive ketones (excluding diaryl/α,β-unsaturated/α-hetero) is 1. The van der Waals surface area contributed by atoms with Gasteiger partial charge in [-0.3, -0.25) is 9.78 Å². The highest BCUT2D eigenvalue weighted by molar-refractivity contribution is 7.99. The normalized spacial score (nSPS) is 10.7. The average molecular weight is 324 g/mol. The number of fused-ring (bicyclic) bond motifs is 1. The summed E-state index contributed by atoms with van der Waals surface area (Å²) in [7, 11) is 0. The number of carbonyl (C=O) groups is 1. The zero-order chi connectivity index (χ0) is 16.1. The van der Waals surface area contributed by atoms with Crippen LogP contribution in [0, 0.1) is 0 Å². The van der Waals surface area contributed by atoms with E-state index in [1.165, 1.54) is 0 Å². The van der Waals surface area contributed by atoms with E-state index in [0.717, 1.165) is 21.8 Å². The second kappa shape index (κ2) is 7.24. The van der Waals surface area contributed by atoms with Crippen LogP contribution in [0.15, 0.2) is 59.8 Å². The predicted octanol–water partition coefficient (Wildman–Crippen LogP) is 4.00. The topological polar surface area (TPSA) is 52.1 Å². The van der Waals surface area contributed by atoms with Crippen LogP contribution in [0.1, 0.15) is 17.3 Å². The Morgan fingerprint density at radius 1 is 1.09 bits per heavy atom. The van der Waals surface area contributed by atoms with Gasteiger partial charge in [-0.2, -0.15) is 0 Å². The number of hydrogen-bond acceptors (Lipinski definition) is 5. The van der Waals surface area contributed by atoms with Gasteiger partial charge >= 0.3 is 0 Å². The zero-order valence-electron chi connectivity index (χ0n) is 12.7. The molecule has 4 nitrogen and oxygen atoms in total. The number of aromatic nitrogens is 2. The van der Waals surface area contributed by atoms with Crippen LogP contribution in [0.4, 0.5) is 0 Å². The monoisotopic (exact) mass is 324 g/mol. The molecule has 0 atom stereocenters. The van der Waals surface area contributed by atoms with Crippen LogP contribution in [-0.2, 0) is 0 Å². The number of carbonyl (C=O) groups excluding carboxylic acids is 1. The Labute approximate surface area is 138 Å². The standard InChI is InChI=1S/C18H16N2O2S/c1-13(21)14-6-2-5-9-17(14)22-10-11-23-18-12-19-15-7-3-4-8-16(15)20-18/h2-9,12H,10-11H2,1H3. The maximum absolute atomic E-state index is 11.5. The van der Waals surface area contributed by atoms with Gasteiger partial charge in [0.05, 0.1) is 29.4 Å². The third-order valence-corrected chi connectivity index (χ3v) is 4.15. The summed E-state index contributed by atoms with van der Waals surface area (Å²) in [5, 5.41) is 0.868. The van der Waals surface area contributed by atoms with Crippen LogP contribution < -0.4 is 4.74 Å². The molecule has 2 aromatic carbocycles. The van der Waals surface area contributed by atoms with Crippen molar-refractivity contribution >= 4 is 28.6 Å². The summed E-state index contributed by atoms with van der Waals surface area (Å²) in [6.07, 6.45) is 1.77. The Hall–Kier alpha value is -2.40. The predicted molar refractivity (Wildman–Crippen MR) is 92.2 cm³/mol. The van der Waals surface area contributed by atoms with E-state index in [0.29, 0.717) is 17.9 Å². The van der Waals surface area contributed by atoms with Gasteiger partial charge in [-0.15, -0.1) is 11.8 Å². The summed E-state index contributed by atoms with van der Waals surface area (Å²) in [5.74, 6) is 1.37. The molecule has 0 N–H and O–H groups in total. The van der Waals surface area contributed by atoms with Crippen LogP contribution in [0.3, 0.4) is 0 Å². The molecule has 0 bridgehead atoms. The second-order valence-electron chi connectivity index (χ2n) is 4.95. The molecule has 0 saturated carbocycles. The molecule has 23 heavy (non-hydrogen) atoms. The van der Waals surface area contributed by atoms with Gasteiger partial charge in [0.25, 0.3) is 0 Å². The molecule has 1 aromatic heterocycles. The van der Waals surface area contributed by atoms with E-state index < -0.39 is 0 Å². The molecule has 0 spiro atoms. The van der Waals surface area contributed by atoms with Gasteiger partial charge < -0.3 is 4.74 Å². The number of thioether (sulfide) groups is 1. The van der Waals surface area contributed by atoms with Crippen molar-refractivity contribution in [3.05, 3.63) is 60.3 Å². The first-order valence-electron chi connectivity index (χ1n) is 7.31. The van der Waals surface area contributed by atoms with Crippen LogP contribution in [0.25, 0.3) is 11.0 Å². The molecule has 0 aliphatic carbocycles. The van der Waals surface area contributed by atoms with Gasteiger partial charge in [-0.25, -0.2) is 4.98 Å². The molecule has 0 amide bonds. The molecule has 1 heterocycles. The molecule has 0 saturated heterocycles. The van der Waals surface area contributed by atoms with Gasteiger partial charge in [0, 0.05) is 5.75 Å². The van der Waals surface area contributed by atoms with E-state index in [1.807, 2.05) is 42.5 Å². The maximum atomic E-state index is 11.5. The minimum Gasteiger partial charge on any atom is -0.492 e. The number of para-hydroxylation sites is 3. The van der Waals surface area contributed by atoms with Crippen LogP contribution in [-0.4, -0.2) is 28.1 Å². The fraction of sp³-hybridized carbons (Fsp3) is 0.167. The Bertz CT molecular complexity index is 836. The number of benzene rings is 2. The SMILES string of the molecule is CC(=O)c1ccccc1OCCSc1cnc2ccccc2n1. The number of rotatable bonds is 6. The number of nitrogens with zero attached hydrogens (tertiary/aromatic N) is 2. The van der Waals surface area contributed by atoms with Gasteiger partial charge in [0.2, 0.25) is 0 Å². The molecular weight excluding hydrogens is 308 g/mol. The minimum absolute atomic E-state index is 0.00801. The van der Waals surface area contributed by atoms with Gasteiger partial charge in [0.15, 0.2) is 5.78 Å². The quantitative estimate of drug-likeness (QED) is 0.390. The van der Waals surface area contributed by atoms with Gasteiger partial charge in [0.1, 0.15) is 10.8 Å². The molecular formula is C18H16N2O2S. The highest BCUT2D eigenvalue weighted by Gasteiger charge is 2.07. The Balaban J connectivity index is 1.58. The summed E-state index contributed by atoms with van der Waals surface area (Å²) in [4.78, 5) is 20.5. The molecule has 0 unspecified atom stereocenters. The van der Waals surface area contributed by atoms with E-state index in [-0.39, 0.29) is 5.78 Å². The third kappa shape index (κ3) is 3.87. The van der Waals surface area contributed by atoms with E-state index in [1.54, 1.807) is 30.9 Å². The zero-order valence-corrected chi connectivity index (χ0v) is 13.5. The average Bonchev–Trinajstić information content (AvgIpc) is 2.59. The smallest absolute Gasteiger partial charge is 0.163 e. The van der Waals surface area contributed by atoms with Gasteiger partial charge in [-0.1, -0.05) is 24.3 Å². The van der Waals surface area contributed by atoms with Crippen molar-refractivity contribution in [3.63, 3.8) is 0 Å². The first-order valence-corrected chi connectivity index (χ1v) is 8.30. The van der Waals surface area contributed by atoms with Crippen LogP contribution >= 0.6 is 11.8 Å². The summed E-state index contributed by atoms with van der Waals surface area (Å²) in [5.41, 5.74) is 2.40. The minimum atomic E-state index is 0.00801. The first kappa shape index (κ1) is 15.5. The number of hydrogen-bond donors (Lipinski definition) is 0. The van der Waals surface area contributed by atoms with Crippen molar-refractivity contribution in [1.82, 2.24) is 9.97 Å².